The molecule has 2 saturated heterocycles. The molecular weight excluding hydrogens is 873 g/mol. The van der Waals surface area contributed by atoms with E-state index in [4.69, 9.17) is 77.1 Å². The number of nitrogens with one attached hydrogen (secondary N) is 1. The maximum Gasteiger partial charge on any atom is 0.407 e. The molecule has 0 saturated carbocycles. The molecule has 2 aromatic carbocycles. The first-order valence-electron chi connectivity index (χ1n) is 18.8. The Hall–Kier alpha value is -3.56. The summed E-state index contributed by atoms with van der Waals surface area (Å²) in [5, 5.41) is 27.4. The first-order valence-corrected chi connectivity index (χ1v) is 21.8. The van der Waals surface area contributed by atoms with Gasteiger partial charge in [0, 0.05) is 27.7 Å². The molecule has 2 aliphatic rings. The second kappa shape index (κ2) is 21.0. The van der Waals surface area contributed by atoms with Gasteiger partial charge < -0.3 is 57.9 Å². The molecule has 2 aliphatic heterocycles. The van der Waals surface area contributed by atoms with Gasteiger partial charge in [-0.1, -0.05) is 116 Å². The SMILES string of the molecule is CC(=O)OC[C@H]1O[C@@H](O[C@H]2[C@H](O)[C@@H](CO[Si](c3ccccc3)(c3ccccc3)C(C)(C)C)O[C@H](O)[C@@H]2NC(=O)OCC(Cl)(Cl)Cl)[C@H](OC(C)=O)[C@@H](OC(C)=O)[C@H]1OC(C)=O. The highest BCUT2D eigenvalue weighted by atomic mass is 35.6. The number of rotatable bonds is 14. The third kappa shape index (κ3) is 12.7. The molecule has 0 aromatic heterocycles. The number of hydrogen-bond donors (Lipinski definition) is 3. The van der Waals surface area contributed by atoms with E-state index in [-0.39, 0.29) is 6.61 Å². The summed E-state index contributed by atoms with van der Waals surface area (Å²) in [5.74, 6) is -3.45. The monoisotopic (exact) mass is 921 g/mol. The lowest BCUT2D eigenvalue weighted by molar-refractivity contribution is -0.343. The molecule has 2 fully saturated rings. The summed E-state index contributed by atoms with van der Waals surface area (Å²) in [7, 11) is -3.28. The maximum absolute atomic E-state index is 13.1. The van der Waals surface area contributed by atoms with Crippen LogP contribution in [-0.4, -0.2) is 133 Å². The number of ether oxygens (including phenoxy) is 8. The predicted octanol–water partition coefficient (Wildman–Crippen LogP) is 2.57. The van der Waals surface area contributed by atoms with E-state index in [0.29, 0.717) is 0 Å². The van der Waals surface area contributed by atoms with Crippen LogP contribution >= 0.6 is 34.8 Å². The van der Waals surface area contributed by atoms with Gasteiger partial charge in [-0.25, -0.2) is 4.79 Å². The topological polar surface area (TPSA) is 221 Å². The largest absolute Gasteiger partial charge is 0.463 e. The highest BCUT2D eigenvalue weighted by molar-refractivity contribution is 6.99. The Bertz CT molecular complexity index is 1740. The van der Waals surface area contributed by atoms with E-state index in [9.17, 15) is 34.2 Å². The highest BCUT2D eigenvalue weighted by Gasteiger charge is 2.57. The Morgan fingerprint density at radius 1 is 0.683 bits per heavy atom. The molecule has 2 aromatic rings. The second-order valence-electron chi connectivity index (χ2n) is 15.1. The normalized spacial score (nSPS) is 27.2. The molecule has 3 N–H and O–H groups in total. The molecule has 17 nitrogen and oxygen atoms in total. The van der Waals surface area contributed by atoms with E-state index >= 15 is 0 Å². The van der Waals surface area contributed by atoms with E-state index in [0.717, 1.165) is 38.1 Å². The van der Waals surface area contributed by atoms with Crippen molar-refractivity contribution in [2.45, 2.75) is 119 Å². The minimum absolute atomic E-state index is 0.339. The zero-order chi connectivity index (χ0) is 44.6. The second-order valence-corrected chi connectivity index (χ2v) is 21.9. The predicted molar refractivity (Wildman–Crippen MR) is 216 cm³/mol. The molecule has 4 rings (SSSR count). The van der Waals surface area contributed by atoms with Crippen LogP contribution in [0.15, 0.2) is 60.7 Å². The summed E-state index contributed by atoms with van der Waals surface area (Å²) in [4.78, 5) is 62.2. The number of benzene rings is 2. The molecule has 332 valence electrons. The fourth-order valence-electron chi connectivity index (χ4n) is 7.13. The molecule has 0 spiro atoms. The fraction of sp³-hybridized carbons (Fsp3) is 0.564. The summed E-state index contributed by atoms with van der Waals surface area (Å²) in [6.45, 7) is 8.69. The van der Waals surface area contributed by atoms with Crippen LogP contribution in [0.25, 0.3) is 0 Å². The number of carbonyl (C=O) groups is 5. The summed E-state index contributed by atoms with van der Waals surface area (Å²) in [6.07, 6.45) is -16.3. The molecule has 0 radical (unpaired) electrons. The van der Waals surface area contributed by atoms with E-state index in [1.165, 1.54) is 0 Å². The highest BCUT2D eigenvalue weighted by Crippen LogP contribution is 2.38. The average molecular weight is 923 g/mol. The number of aliphatic hydroxyl groups is 2. The summed E-state index contributed by atoms with van der Waals surface area (Å²) in [5.41, 5.74) is 0. The molecule has 10 atom stereocenters. The molecule has 0 unspecified atom stereocenters. The van der Waals surface area contributed by atoms with Crippen LogP contribution in [0.3, 0.4) is 0 Å². The number of alkyl halides is 3. The zero-order valence-corrected chi connectivity index (χ0v) is 37.2. The number of alkyl carbamates (subject to hydrolysis) is 1. The third-order valence-electron chi connectivity index (χ3n) is 9.46. The van der Waals surface area contributed by atoms with E-state index < -0.39 is 122 Å². The Kier molecular flexibility index (Phi) is 17.2. The van der Waals surface area contributed by atoms with Crippen LogP contribution in [0.4, 0.5) is 4.79 Å². The molecule has 21 heteroatoms. The van der Waals surface area contributed by atoms with Crippen molar-refractivity contribution < 1.29 is 76.5 Å². The van der Waals surface area contributed by atoms with Crippen molar-refractivity contribution in [1.29, 1.82) is 0 Å². The van der Waals surface area contributed by atoms with Gasteiger partial charge in [0.05, 0.1) is 6.61 Å². The van der Waals surface area contributed by atoms with Crippen molar-refractivity contribution in [2.75, 3.05) is 19.8 Å². The number of amides is 1. The summed E-state index contributed by atoms with van der Waals surface area (Å²) < 4.78 is 50.0. The number of aliphatic hydroxyl groups excluding tert-OH is 2. The molecule has 0 bridgehead atoms. The Labute approximate surface area is 363 Å². The van der Waals surface area contributed by atoms with Gasteiger partial charge in [0.2, 0.25) is 3.79 Å². The number of esters is 4. The van der Waals surface area contributed by atoms with Gasteiger partial charge in [0.15, 0.2) is 30.9 Å². The van der Waals surface area contributed by atoms with E-state index in [2.05, 4.69) is 5.32 Å². The van der Waals surface area contributed by atoms with Crippen LogP contribution in [0, 0.1) is 0 Å². The average Bonchev–Trinajstić information content (AvgIpc) is 3.15. The smallest absolute Gasteiger partial charge is 0.407 e. The van der Waals surface area contributed by atoms with Gasteiger partial charge in [-0.3, -0.25) is 19.2 Å². The van der Waals surface area contributed by atoms with Crippen molar-refractivity contribution in [2.24, 2.45) is 0 Å². The molecule has 2 heterocycles. The first-order chi connectivity index (χ1) is 28.0. The third-order valence-corrected chi connectivity index (χ3v) is 14.8. The Morgan fingerprint density at radius 3 is 1.68 bits per heavy atom. The first kappa shape index (κ1) is 49.1. The standard InChI is InChI=1S/C39H50Cl3NO16Si/c1-21(44)51-18-28-31(54-22(2)45)33(55-23(3)46)34(56-24(4)47)36(58-28)59-32-29(43-37(50)52-20-39(40,41)42)35(49)57-27(30(32)48)19-53-60(38(5,6)7,25-14-10-8-11-15-25)26-16-12-9-13-17-26/h8-17,27-36,48-49H,18-20H2,1-7H3,(H,43,50)/t27-,28-,29-,30-,31+,32-,33+,34-,35+,36+/m1/s1. The van der Waals surface area contributed by atoms with Crippen molar-refractivity contribution in [1.82, 2.24) is 5.32 Å². The zero-order valence-electron chi connectivity index (χ0n) is 33.9. The lowest BCUT2D eigenvalue weighted by Crippen LogP contribution is -2.70. The Morgan fingerprint density at radius 2 is 1.20 bits per heavy atom. The van der Waals surface area contributed by atoms with Crippen LogP contribution in [0.5, 0.6) is 0 Å². The van der Waals surface area contributed by atoms with Crippen molar-refractivity contribution in [3.63, 3.8) is 0 Å². The van der Waals surface area contributed by atoms with Crippen molar-refractivity contribution >= 4 is 83.5 Å². The lowest BCUT2D eigenvalue weighted by Gasteiger charge is -2.49. The van der Waals surface area contributed by atoms with Gasteiger partial charge >= 0.3 is 30.0 Å². The van der Waals surface area contributed by atoms with Gasteiger partial charge in [0.25, 0.3) is 8.32 Å². The summed E-state index contributed by atoms with van der Waals surface area (Å²) >= 11 is 17.3. The Balaban J connectivity index is 1.80. The fourth-order valence-corrected chi connectivity index (χ4v) is 11.9. The van der Waals surface area contributed by atoms with Gasteiger partial charge in [-0.2, -0.15) is 0 Å². The molecular formula is C39H50Cl3NO16Si. The van der Waals surface area contributed by atoms with E-state index in [1.54, 1.807) is 0 Å². The van der Waals surface area contributed by atoms with Gasteiger partial charge in [-0.05, 0) is 15.4 Å². The van der Waals surface area contributed by atoms with Gasteiger partial charge in [0.1, 0.15) is 43.7 Å². The number of halogens is 3. The maximum atomic E-state index is 13.1. The summed E-state index contributed by atoms with van der Waals surface area (Å²) in [6, 6.07) is 17.4. The lowest BCUT2D eigenvalue weighted by atomic mass is 9.95. The van der Waals surface area contributed by atoms with Crippen LogP contribution in [0.1, 0.15) is 48.5 Å². The van der Waals surface area contributed by atoms with Crippen molar-refractivity contribution in [3.8, 4) is 0 Å². The van der Waals surface area contributed by atoms with Crippen LogP contribution in [-0.2, 0) is 61.5 Å². The molecule has 0 aliphatic carbocycles. The van der Waals surface area contributed by atoms with Crippen molar-refractivity contribution in [3.05, 3.63) is 60.7 Å². The van der Waals surface area contributed by atoms with Crippen LogP contribution in [0.2, 0.25) is 5.04 Å². The minimum Gasteiger partial charge on any atom is -0.463 e. The molecule has 1 amide bonds. The minimum atomic E-state index is -3.28. The number of hydrogen-bond acceptors (Lipinski definition) is 16. The van der Waals surface area contributed by atoms with Gasteiger partial charge in [-0.15, -0.1) is 0 Å². The number of carbonyl (C=O) groups excluding carboxylic acids is 5. The van der Waals surface area contributed by atoms with E-state index in [1.807, 2.05) is 81.4 Å². The molecule has 60 heavy (non-hydrogen) atoms. The van der Waals surface area contributed by atoms with Crippen LogP contribution < -0.4 is 15.7 Å². The quantitative estimate of drug-likeness (QED) is 0.107.